The van der Waals surface area contributed by atoms with Crippen molar-refractivity contribution < 1.29 is 43.2 Å². The van der Waals surface area contributed by atoms with E-state index in [1.165, 1.54) is 6.92 Å². The first-order valence-electron chi connectivity index (χ1n) is 24.0. The standard InChI is InChI=1S/C46H87N11O9/c1-12-29(9)38(56-37(59)25-50-31(11)58)46(66)57-39(30(10)13-2)45(65)55-36(24-28(7)8)44(64)54-35(23-27(5)6)43(63)53-34(22-26(3)4)42(62)52-33(19-15-17-21-48)41(61)51-32(40(49)60)18-14-16-20-47/h26-30,32-36,38-39H,12-25,47-48H2,1-11H3,(H2,49,60)(H,50,58)(H,51,61)(H,52,62)(H,53,63)(H,54,64)(H,55,65)(H,56,59)(H,57,66)/t29-,30-,32-,33-,34-,35-,36-,38-,39-/m0/s1. The fourth-order valence-corrected chi connectivity index (χ4v) is 7.08. The first-order valence-corrected chi connectivity index (χ1v) is 24.0. The van der Waals surface area contributed by atoms with E-state index in [4.69, 9.17) is 17.2 Å². The van der Waals surface area contributed by atoms with E-state index >= 15 is 0 Å². The quantitative estimate of drug-likeness (QED) is 0.0395. The Morgan fingerprint density at radius 2 is 0.773 bits per heavy atom. The van der Waals surface area contributed by atoms with Gasteiger partial charge in [-0.3, -0.25) is 43.2 Å². The highest BCUT2D eigenvalue weighted by molar-refractivity contribution is 5.98. The van der Waals surface area contributed by atoms with E-state index in [9.17, 15) is 43.2 Å². The van der Waals surface area contributed by atoms with Gasteiger partial charge in [0, 0.05) is 6.92 Å². The lowest BCUT2D eigenvalue weighted by Gasteiger charge is -2.31. The van der Waals surface area contributed by atoms with Crippen molar-refractivity contribution in [2.45, 2.75) is 189 Å². The summed E-state index contributed by atoms with van der Waals surface area (Å²) in [6.45, 7) is 20.2. The van der Waals surface area contributed by atoms with Crippen molar-refractivity contribution in [3.8, 4) is 0 Å². The van der Waals surface area contributed by atoms with Gasteiger partial charge in [-0.05, 0) is 100 Å². The average molecular weight is 938 g/mol. The molecule has 0 aliphatic rings. The van der Waals surface area contributed by atoms with Gasteiger partial charge < -0.3 is 59.7 Å². The van der Waals surface area contributed by atoms with Crippen molar-refractivity contribution >= 4 is 53.2 Å². The molecule has 0 aromatic heterocycles. The Labute approximate surface area is 393 Å². The van der Waals surface area contributed by atoms with Crippen LogP contribution in [-0.4, -0.2) is 115 Å². The summed E-state index contributed by atoms with van der Waals surface area (Å²) in [5, 5.41) is 21.8. The van der Waals surface area contributed by atoms with Crippen LogP contribution in [0, 0.1) is 29.6 Å². The highest BCUT2D eigenvalue weighted by Gasteiger charge is 2.36. The van der Waals surface area contributed by atoms with E-state index in [0.29, 0.717) is 51.6 Å². The van der Waals surface area contributed by atoms with Gasteiger partial charge in [0.15, 0.2) is 0 Å². The Hall–Kier alpha value is -4.85. The smallest absolute Gasteiger partial charge is 0.243 e. The topological polar surface area (TPSA) is 328 Å². The Morgan fingerprint density at radius 3 is 1.14 bits per heavy atom. The van der Waals surface area contributed by atoms with Crippen molar-refractivity contribution in [1.82, 2.24) is 42.5 Å². The zero-order valence-corrected chi connectivity index (χ0v) is 41.7. The third-order valence-electron chi connectivity index (χ3n) is 11.3. The molecule has 0 aliphatic heterocycles. The van der Waals surface area contributed by atoms with Crippen molar-refractivity contribution in [2.24, 2.45) is 46.8 Å². The number of hydrogen-bond donors (Lipinski definition) is 11. The van der Waals surface area contributed by atoms with Gasteiger partial charge in [0.1, 0.15) is 42.3 Å². The molecule has 0 fully saturated rings. The second kappa shape index (κ2) is 32.8. The van der Waals surface area contributed by atoms with E-state index in [-0.39, 0.29) is 62.3 Å². The van der Waals surface area contributed by atoms with E-state index in [1.54, 1.807) is 13.8 Å². The van der Waals surface area contributed by atoms with E-state index in [0.717, 1.165) is 0 Å². The number of amides is 9. The molecule has 0 saturated heterocycles. The number of carbonyl (C=O) groups is 9. The zero-order valence-electron chi connectivity index (χ0n) is 41.7. The van der Waals surface area contributed by atoms with Crippen LogP contribution >= 0.6 is 0 Å². The molecule has 0 radical (unpaired) electrons. The maximum Gasteiger partial charge on any atom is 0.243 e. The fraction of sp³-hybridized carbons (Fsp3) is 0.804. The minimum Gasteiger partial charge on any atom is -0.368 e. The number of hydrogen-bond acceptors (Lipinski definition) is 11. The number of carbonyl (C=O) groups excluding carboxylic acids is 9. The predicted molar refractivity (Wildman–Crippen MR) is 254 cm³/mol. The number of rotatable bonds is 34. The highest BCUT2D eigenvalue weighted by Crippen LogP contribution is 2.16. The normalized spacial score (nSPS) is 15.5. The highest BCUT2D eigenvalue weighted by atomic mass is 16.2. The maximum absolute atomic E-state index is 14.2. The van der Waals surface area contributed by atoms with Crippen LogP contribution in [0.1, 0.15) is 147 Å². The molecule has 380 valence electrons. The molecule has 0 aliphatic carbocycles. The minimum atomic E-state index is -1.14. The monoisotopic (exact) mass is 938 g/mol. The van der Waals surface area contributed by atoms with Crippen LogP contribution < -0.4 is 59.7 Å². The molecule has 0 spiro atoms. The van der Waals surface area contributed by atoms with Gasteiger partial charge in [-0.15, -0.1) is 0 Å². The van der Waals surface area contributed by atoms with Crippen LogP contribution in [0.3, 0.4) is 0 Å². The number of unbranched alkanes of at least 4 members (excludes halogenated alkanes) is 2. The molecule has 0 rings (SSSR count). The third kappa shape index (κ3) is 24.6. The van der Waals surface area contributed by atoms with Crippen LogP contribution in [0.25, 0.3) is 0 Å². The van der Waals surface area contributed by atoms with Gasteiger partial charge in [0.25, 0.3) is 0 Å². The van der Waals surface area contributed by atoms with E-state index in [1.807, 2.05) is 55.4 Å². The average Bonchev–Trinajstić information content (AvgIpc) is 3.23. The molecule has 20 nitrogen and oxygen atoms in total. The van der Waals surface area contributed by atoms with Gasteiger partial charge in [-0.25, -0.2) is 0 Å². The summed E-state index contributed by atoms with van der Waals surface area (Å²) in [7, 11) is 0. The molecule has 0 heterocycles. The Balaban J connectivity index is 6.54. The first kappa shape index (κ1) is 61.1. The summed E-state index contributed by atoms with van der Waals surface area (Å²) in [4.78, 5) is 120. The van der Waals surface area contributed by atoms with Crippen LogP contribution in [0.2, 0.25) is 0 Å². The lowest BCUT2D eigenvalue weighted by Crippen LogP contribution is -2.61. The Morgan fingerprint density at radius 1 is 0.439 bits per heavy atom. The summed E-state index contributed by atoms with van der Waals surface area (Å²) in [6, 6.07) is -7.56. The molecule has 66 heavy (non-hydrogen) atoms. The minimum absolute atomic E-state index is 0.0875. The third-order valence-corrected chi connectivity index (χ3v) is 11.3. The number of nitrogens with two attached hydrogens (primary N) is 3. The first-order chi connectivity index (χ1) is 30.9. The number of primary amides is 1. The second-order valence-electron chi connectivity index (χ2n) is 18.9. The molecule has 0 aromatic carbocycles. The van der Waals surface area contributed by atoms with Gasteiger partial charge in [0.2, 0.25) is 53.2 Å². The summed E-state index contributed by atoms with van der Waals surface area (Å²) >= 11 is 0. The predicted octanol–water partition coefficient (Wildman–Crippen LogP) is 0.490. The molecule has 9 amide bonds. The summed E-state index contributed by atoms with van der Waals surface area (Å²) < 4.78 is 0. The molecule has 0 saturated carbocycles. The van der Waals surface area contributed by atoms with Crippen molar-refractivity contribution in [3.63, 3.8) is 0 Å². The summed E-state index contributed by atoms with van der Waals surface area (Å²) in [6.07, 6.45) is 4.26. The lowest BCUT2D eigenvalue weighted by molar-refractivity contribution is -0.137. The molecular weight excluding hydrogens is 851 g/mol. The van der Waals surface area contributed by atoms with Crippen molar-refractivity contribution in [1.29, 1.82) is 0 Å². The fourth-order valence-electron chi connectivity index (χ4n) is 7.08. The SMILES string of the molecule is CC[C@H](C)[C@H](NC(=O)CNC(C)=O)C(=O)N[C@H](C(=O)N[C@@H](CC(C)C)C(=O)N[C@@H](CC(C)C)C(=O)N[C@@H](CC(C)C)C(=O)N[C@@H](CCCCN)C(=O)N[C@@H](CCCCN)C(N)=O)[C@@H](C)CC. The Bertz CT molecular complexity index is 1560. The molecule has 20 heteroatoms. The summed E-state index contributed by atoms with van der Waals surface area (Å²) in [5.74, 6) is -6.48. The van der Waals surface area contributed by atoms with Crippen molar-refractivity contribution in [3.05, 3.63) is 0 Å². The largest absolute Gasteiger partial charge is 0.368 e. The molecule has 0 unspecified atom stereocenters. The van der Waals surface area contributed by atoms with Gasteiger partial charge in [0.05, 0.1) is 6.54 Å². The van der Waals surface area contributed by atoms with Crippen molar-refractivity contribution in [2.75, 3.05) is 19.6 Å². The molecular formula is C46H87N11O9. The van der Waals surface area contributed by atoms with Gasteiger partial charge in [-0.2, -0.15) is 0 Å². The van der Waals surface area contributed by atoms with Gasteiger partial charge >= 0.3 is 0 Å². The lowest BCUT2D eigenvalue weighted by atomic mass is 9.94. The van der Waals surface area contributed by atoms with Crippen LogP contribution in [0.4, 0.5) is 0 Å². The van der Waals surface area contributed by atoms with Gasteiger partial charge in [-0.1, -0.05) is 82.1 Å². The van der Waals surface area contributed by atoms with Crippen LogP contribution in [-0.2, 0) is 43.2 Å². The second-order valence-corrected chi connectivity index (χ2v) is 18.9. The molecule has 0 bridgehead atoms. The molecule has 9 atom stereocenters. The molecule has 14 N–H and O–H groups in total. The van der Waals surface area contributed by atoms with Crippen LogP contribution in [0.5, 0.6) is 0 Å². The van der Waals surface area contributed by atoms with E-state index < -0.39 is 101 Å². The maximum atomic E-state index is 14.2. The van der Waals surface area contributed by atoms with E-state index in [2.05, 4.69) is 42.5 Å². The Kier molecular flexibility index (Phi) is 30.4. The zero-order chi connectivity index (χ0) is 50.7. The molecule has 0 aromatic rings. The number of nitrogens with one attached hydrogen (secondary N) is 8. The van der Waals surface area contributed by atoms with Crippen LogP contribution in [0.15, 0.2) is 0 Å². The summed E-state index contributed by atoms with van der Waals surface area (Å²) in [5.41, 5.74) is 16.9.